The van der Waals surface area contributed by atoms with Gasteiger partial charge in [-0.3, -0.25) is 9.59 Å². The first-order valence-electron chi connectivity index (χ1n) is 8.55. The fourth-order valence-corrected chi connectivity index (χ4v) is 2.25. The van der Waals surface area contributed by atoms with E-state index in [1.165, 1.54) is 0 Å². The van der Waals surface area contributed by atoms with Gasteiger partial charge in [-0.1, -0.05) is 0 Å². The number of carbonyl (C=O) groups excluding carboxylic acids is 2. The van der Waals surface area contributed by atoms with E-state index in [4.69, 9.17) is 9.47 Å². The maximum absolute atomic E-state index is 12.0. The molecular formula is C20H24N2O4. The predicted molar refractivity (Wildman–Crippen MR) is 102 cm³/mol. The summed E-state index contributed by atoms with van der Waals surface area (Å²) in [4.78, 5) is 24.0. The minimum atomic E-state index is -0.383. The van der Waals surface area contributed by atoms with Crippen LogP contribution in [0.1, 0.15) is 27.2 Å². The van der Waals surface area contributed by atoms with Crippen LogP contribution in [0.3, 0.4) is 0 Å². The topological polar surface area (TPSA) is 76.7 Å². The quantitative estimate of drug-likeness (QED) is 0.705. The second-order valence-electron chi connectivity index (χ2n) is 5.92. The van der Waals surface area contributed by atoms with E-state index in [9.17, 15) is 9.59 Å². The molecule has 0 unspecified atom stereocenters. The van der Waals surface area contributed by atoms with Crippen LogP contribution in [0.4, 0.5) is 11.4 Å². The number of nitrogens with one attached hydrogen (secondary N) is 2. The molecule has 2 amide bonds. The molecule has 0 aliphatic rings. The number of carbonyl (C=O) groups is 2. The minimum Gasteiger partial charge on any atom is -0.494 e. The van der Waals surface area contributed by atoms with Crippen molar-refractivity contribution in [3.05, 3.63) is 48.5 Å². The van der Waals surface area contributed by atoms with Gasteiger partial charge in [0.05, 0.1) is 12.7 Å². The minimum absolute atomic E-state index is 0.0849. The van der Waals surface area contributed by atoms with Crippen molar-refractivity contribution in [1.82, 2.24) is 0 Å². The van der Waals surface area contributed by atoms with Crippen LogP contribution in [0.25, 0.3) is 0 Å². The maximum Gasteiger partial charge on any atom is 0.233 e. The highest BCUT2D eigenvalue weighted by Gasteiger charge is 2.10. The Balaban J connectivity index is 1.82. The summed E-state index contributed by atoms with van der Waals surface area (Å²) in [5.74, 6) is 0.691. The molecule has 0 aromatic heterocycles. The first-order chi connectivity index (χ1) is 12.5. The van der Waals surface area contributed by atoms with Crippen molar-refractivity contribution >= 4 is 23.2 Å². The Labute approximate surface area is 153 Å². The normalized spacial score (nSPS) is 10.3. The van der Waals surface area contributed by atoms with Gasteiger partial charge in [-0.25, -0.2) is 0 Å². The summed E-state index contributed by atoms with van der Waals surface area (Å²) in [6.45, 7) is 6.37. The standard InChI is InChI=1S/C20H24N2O4/c1-4-25-17-9-5-15(6-10-17)21-19(23)13-20(24)22-16-7-11-18(12-8-16)26-14(2)3/h5-12,14H,4,13H2,1-3H3,(H,21,23)(H,22,24). The molecule has 26 heavy (non-hydrogen) atoms. The molecule has 0 saturated heterocycles. The van der Waals surface area contributed by atoms with E-state index in [1.54, 1.807) is 48.5 Å². The van der Waals surface area contributed by atoms with Crippen molar-refractivity contribution in [2.45, 2.75) is 33.3 Å². The van der Waals surface area contributed by atoms with Crippen molar-refractivity contribution in [2.75, 3.05) is 17.2 Å². The summed E-state index contributed by atoms with van der Waals surface area (Å²) < 4.78 is 10.9. The molecule has 2 rings (SSSR count). The largest absolute Gasteiger partial charge is 0.494 e. The van der Waals surface area contributed by atoms with Gasteiger partial charge < -0.3 is 20.1 Å². The van der Waals surface area contributed by atoms with E-state index < -0.39 is 0 Å². The van der Waals surface area contributed by atoms with E-state index in [2.05, 4.69) is 10.6 Å². The number of anilines is 2. The Morgan fingerprint density at radius 3 is 1.73 bits per heavy atom. The molecule has 0 radical (unpaired) electrons. The highest BCUT2D eigenvalue weighted by molar-refractivity contribution is 6.08. The van der Waals surface area contributed by atoms with Gasteiger partial charge in [-0.05, 0) is 69.3 Å². The van der Waals surface area contributed by atoms with Gasteiger partial charge in [0.1, 0.15) is 17.9 Å². The van der Waals surface area contributed by atoms with Crippen LogP contribution in [0.2, 0.25) is 0 Å². The molecule has 2 aromatic carbocycles. The molecule has 0 aliphatic carbocycles. The van der Waals surface area contributed by atoms with Gasteiger partial charge in [-0.2, -0.15) is 0 Å². The second kappa shape index (κ2) is 9.46. The summed E-state index contributed by atoms with van der Waals surface area (Å²) in [5.41, 5.74) is 1.22. The van der Waals surface area contributed by atoms with Crippen LogP contribution >= 0.6 is 0 Å². The van der Waals surface area contributed by atoms with Crippen molar-refractivity contribution in [3.8, 4) is 11.5 Å². The lowest BCUT2D eigenvalue weighted by Gasteiger charge is -2.11. The highest BCUT2D eigenvalue weighted by atomic mass is 16.5. The van der Waals surface area contributed by atoms with Gasteiger partial charge in [-0.15, -0.1) is 0 Å². The van der Waals surface area contributed by atoms with Crippen LogP contribution < -0.4 is 20.1 Å². The van der Waals surface area contributed by atoms with Crippen LogP contribution in [-0.4, -0.2) is 24.5 Å². The zero-order valence-corrected chi connectivity index (χ0v) is 15.2. The van der Waals surface area contributed by atoms with E-state index in [-0.39, 0.29) is 24.3 Å². The summed E-state index contributed by atoms with van der Waals surface area (Å²) in [7, 11) is 0. The Morgan fingerprint density at radius 1 is 0.846 bits per heavy atom. The Kier molecular flexibility index (Phi) is 7.02. The fraction of sp³-hybridized carbons (Fsp3) is 0.300. The molecule has 6 nitrogen and oxygen atoms in total. The summed E-state index contributed by atoms with van der Waals surface area (Å²) >= 11 is 0. The third-order valence-corrected chi connectivity index (χ3v) is 3.28. The van der Waals surface area contributed by atoms with Crippen LogP contribution in [0.15, 0.2) is 48.5 Å². The molecule has 0 saturated carbocycles. The van der Waals surface area contributed by atoms with Crippen LogP contribution in [0, 0.1) is 0 Å². The van der Waals surface area contributed by atoms with Gasteiger partial charge in [0, 0.05) is 11.4 Å². The lowest BCUT2D eigenvalue weighted by atomic mass is 10.2. The van der Waals surface area contributed by atoms with Gasteiger partial charge in [0.2, 0.25) is 11.8 Å². The van der Waals surface area contributed by atoms with Gasteiger partial charge >= 0.3 is 0 Å². The van der Waals surface area contributed by atoms with Crippen molar-refractivity contribution in [2.24, 2.45) is 0 Å². The van der Waals surface area contributed by atoms with Crippen LogP contribution in [0.5, 0.6) is 11.5 Å². The molecule has 0 bridgehead atoms. The average molecular weight is 356 g/mol. The Morgan fingerprint density at radius 2 is 1.31 bits per heavy atom. The molecule has 0 atom stereocenters. The summed E-state index contributed by atoms with van der Waals surface area (Å²) in [5, 5.41) is 5.37. The zero-order valence-electron chi connectivity index (χ0n) is 15.2. The summed E-state index contributed by atoms with van der Waals surface area (Å²) in [6.07, 6.45) is -0.181. The Hall–Kier alpha value is -3.02. The molecule has 6 heteroatoms. The molecule has 2 N–H and O–H groups in total. The number of amides is 2. The predicted octanol–water partition coefficient (Wildman–Crippen LogP) is 3.84. The van der Waals surface area contributed by atoms with Crippen molar-refractivity contribution < 1.29 is 19.1 Å². The SMILES string of the molecule is CCOc1ccc(NC(=O)CC(=O)Nc2ccc(OC(C)C)cc2)cc1. The summed E-state index contributed by atoms with van der Waals surface area (Å²) in [6, 6.07) is 14.0. The first-order valence-corrected chi connectivity index (χ1v) is 8.55. The van der Waals surface area contributed by atoms with E-state index in [0.717, 1.165) is 11.5 Å². The average Bonchev–Trinajstić information content (AvgIpc) is 2.58. The third kappa shape index (κ3) is 6.47. The molecule has 0 heterocycles. The highest BCUT2D eigenvalue weighted by Crippen LogP contribution is 2.18. The smallest absolute Gasteiger partial charge is 0.233 e. The van der Waals surface area contributed by atoms with Crippen molar-refractivity contribution in [3.63, 3.8) is 0 Å². The molecule has 0 fully saturated rings. The maximum atomic E-state index is 12.0. The molecular weight excluding hydrogens is 332 g/mol. The van der Waals surface area contributed by atoms with E-state index in [0.29, 0.717) is 18.0 Å². The number of rotatable bonds is 8. The monoisotopic (exact) mass is 356 g/mol. The fourth-order valence-electron chi connectivity index (χ4n) is 2.25. The van der Waals surface area contributed by atoms with E-state index >= 15 is 0 Å². The van der Waals surface area contributed by atoms with E-state index in [1.807, 2.05) is 20.8 Å². The van der Waals surface area contributed by atoms with Gasteiger partial charge in [0.15, 0.2) is 0 Å². The second-order valence-corrected chi connectivity index (χ2v) is 5.92. The lowest BCUT2D eigenvalue weighted by Crippen LogP contribution is -2.21. The van der Waals surface area contributed by atoms with Crippen LogP contribution in [-0.2, 0) is 9.59 Å². The first kappa shape index (κ1) is 19.3. The number of benzene rings is 2. The molecule has 2 aromatic rings. The lowest BCUT2D eigenvalue weighted by molar-refractivity contribution is -0.123. The van der Waals surface area contributed by atoms with Crippen molar-refractivity contribution in [1.29, 1.82) is 0 Å². The Bertz CT molecular complexity index is 724. The molecule has 0 spiro atoms. The number of ether oxygens (including phenoxy) is 2. The molecule has 138 valence electrons. The number of hydrogen-bond acceptors (Lipinski definition) is 4. The zero-order chi connectivity index (χ0) is 18.9. The third-order valence-electron chi connectivity index (χ3n) is 3.28. The molecule has 0 aliphatic heterocycles. The van der Waals surface area contributed by atoms with Gasteiger partial charge in [0.25, 0.3) is 0 Å². The number of hydrogen-bond donors (Lipinski definition) is 2.